The third-order valence-electron chi connectivity index (χ3n) is 5.07. The van der Waals surface area contributed by atoms with Crippen LogP contribution in [0.15, 0.2) is 59.1 Å². The average Bonchev–Trinajstić information content (AvgIpc) is 3.23. The minimum atomic E-state index is -0.236. The highest BCUT2D eigenvalue weighted by Crippen LogP contribution is 2.25. The summed E-state index contributed by atoms with van der Waals surface area (Å²) < 4.78 is 24.6. The number of rotatable bonds is 5. The number of hydrogen-bond donors (Lipinski definition) is 0. The number of halogens is 1. The number of piperazine rings is 1. The van der Waals surface area contributed by atoms with E-state index in [1.54, 1.807) is 30.2 Å². The first kappa shape index (κ1) is 19.0. The van der Waals surface area contributed by atoms with Gasteiger partial charge in [0.2, 0.25) is 5.91 Å². The lowest BCUT2D eigenvalue weighted by Gasteiger charge is -2.36. The lowest BCUT2D eigenvalue weighted by molar-refractivity contribution is -0.130. The van der Waals surface area contributed by atoms with Gasteiger partial charge in [0.1, 0.15) is 11.6 Å². The van der Waals surface area contributed by atoms with E-state index < -0.39 is 0 Å². The van der Waals surface area contributed by atoms with E-state index in [0.717, 1.165) is 11.3 Å². The fourth-order valence-corrected chi connectivity index (χ4v) is 3.48. The Labute approximate surface area is 168 Å². The first-order chi connectivity index (χ1) is 14.1. The molecule has 0 radical (unpaired) electrons. The summed E-state index contributed by atoms with van der Waals surface area (Å²) >= 11 is 0. The molecule has 1 aliphatic rings. The molecular weight excluding hydrogens is 373 g/mol. The third kappa shape index (κ3) is 4.23. The highest BCUT2D eigenvalue weighted by molar-refractivity contribution is 5.79. The predicted molar refractivity (Wildman–Crippen MR) is 107 cm³/mol. The number of carbonyl (C=O) groups excluding carboxylic acids is 1. The summed E-state index contributed by atoms with van der Waals surface area (Å²) in [6.07, 6.45) is 0.174. The lowest BCUT2D eigenvalue weighted by Crippen LogP contribution is -2.49. The minimum absolute atomic E-state index is 0.0105. The van der Waals surface area contributed by atoms with Crippen molar-refractivity contribution in [3.8, 4) is 17.1 Å². The number of methoxy groups -OCH3 is 1. The Morgan fingerprint density at radius 3 is 2.66 bits per heavy atom. The topological polar surface area (TPSA) is 58.8 Å². The Kier molecular flexibility index (Phi) is 5.46. The first-order valence-electron chi connectivity index (χ1n) is 9.51. The van der Waals surface area contributed by atoms with Crippen LogP contribution in [0, 0.1) is 5.82 Å². The quantitative estimate of drug-likeness (QED) is 0.663. The van der Waals surface area contributed by atoms with Crippen molar-refractivity contribution in [3.05, 3.63) is 66.1 Å². The van der Waals surface area contributed by atoms with Crippen LogP contribution in [-0.4, -0.2) is 49.3 Å². The van der Waals surface area contributed by atoms with Crippen molar-refractivity contribution in [1.29, 1.82) is 0 Å². The number of nitrogens with zero attached hydrogens (tertiary/aromatic N) is 3. The molecule has 150 valence electrons. The van der Waals surface area contributed by atoms with Crippen LogP contribution in [0.2, 0.25) is 0 Å². The highest BCUT2D eigenvalue weighted by Gasteiger charge is 2.23. The second-order valence-corrected chi connectivity index (χ2v) is 6.91. The SMILES string of the molecule is COc1cccc(-c2cc(CC(=O)N3CCN(c4ccccc4F)CC3)no2)c1. The average molecular weight is 395 g/mol. The molecule has 4 rings (SSSR count). The van der Waals surface area contributed by atoms with Crippen molar-refractivity contribution in [3.63, 3.8) is 0 Å². The van der Waals surface area contributed by atoms with Gasteiger partial charge in [-0.25, -0.2) is 4.39 Å². The molecule has 0 atom stereocenters. The second kappa shape index (κ2) is 8.34. The molecule has 0 bridgehead atoms. The fourth-order valence-electron chi connectivity index (χ4n) is 3.48. The standard InChI is InChI=1S/C22H22FN3O3/c1-28-18-6-4-5-16(13-18)21-14-17(24-29-21)15-22(27)26-11-9-25(10-12-26)20-8-3-2-7-19(20)23/h2-8,13-14H,9-12,15H2,1H3. The number of amides is 1. The molecule has 0 spiro atoms. The fraction of sp³-hybridized carbons (Fsp3) is 0.273. The molecule has 7 heteroatoms. The van der Waals surface area contributed by atoms with Gasteiger partial charge in [-0.2, -0.15) is 0 Å². The molecule has 1 fully saturated rings. The van der Waals surface area contributed by atoms with Gasteiger partial charge < -0.3 is 19.1 Å². The van der Waals surface area contributed by atoms with Gasteiger partial charge in [0.25, 0.3) is 0 Å². The van der Waals surface area contributed by atoms with E-state index in [-0.39, 0.29) is 18.1 Å². The summed E-state index contributed by atoms with van der Waals surface area (Å²) in [7, 11) is 1.61. The van der Waals surface area contributed by atoms with E-state index in [2.05, 4.69) is 5.16 Å². The minimum Gasteiger partial charge on any atom is -0.497 e. The van der Waals surface area contributed by atoms with Crippen LogP contribution in [0.25, 0.3) is 11.3 Å². The second-order valence-electron chi connectivity index (χ2n) is 6.91. The molecule has 1 amide bonds. The maximum atomic E-state index is 14.0. The molecule has 0 unspecified atom stereocenters. The molecule has 0 saturated carbocycles. The largest absolute Gasteiger partial charge is 0.497 e. The van der Waals surface area contributed by atoms with Gasteiger partial charge in [-0.05, 0) is 24.3 Å². The summed E-state index contributed by atoms with van der Waals surface area (Å²) in [5.74, 6) is 1.07. The van der Waals surface area contributed by atoms with Crippen LogP contribution in [0.5, 0.6) is 5.75 Å². The van der Waals surface area contributed by atoms with Crippen molar-refractivity contribution in [2.24, 2.45) is 0 Å². The zero-order valence-electron chi connectivity index (χ0n) is 16.2. The Bertz CT molecular complexity index is 996. The van der Waals surface area contributed by atoms with Gasteiger partial charge in [0, 0.05) is 37.8 Å². The van der Waals surface area contributed by atoms with E-state index in [0.29, 0.717) is 43.3 Å². The number of aromatic nitrogens is 1. The van der Waals surface area contributed by atoms with Gasteiger partial charge >= 0.3 is 0 Å². The summed E-state index contributed by atoms with van der Waals surface area (Å²) in [4.78, 5) is 16.4. The number of para-hydroxylation sites is 1. The molecular formula is C22H22FN3O3. The Morgan fingerprint density at radius 1 is 1.10 bits per heavy atom. The highest BCUT2D eigenvalue weighted by atomic mass is 19.1. The maximum Gasteiger partial charge on any atom is 0.228 e. The molecule has 1 saturated heterocycles. The molecule has 29 heavy (non-hydrogen) atoms. The number of ether oxygens (including phenoxy) is 1. The zero-order chi connectivity index (χ0) is 20.2. The van der Waals surface area contributed by atoms with E-state index in [1.165, 1.54) is 6.07 Å². The summed E-state index contributed by atoms with van der Waals surface area (Å²) in [6, 6.07) is 16.0. The molecule has 0 aliphatic carbocycles. The van der Waals surface area contributed by atoms with Crippen LogP contribution in [0.1, 0.15) is 5.69 Å². The summed E-state index contributed by atoms with van der Waals surface area (Å²) in [5.41, 5.74) is 2.01. The van der Waals surface area contributed by atoms with Crippen LogP contribution in [0.4, 0.5) is 10.1 Å². The Balaban J connectivity index is 1.36. The van der Waals surface area contributed by atoms with E-state index in [4.69, 9.17) is 9.26 Å². The van der Waals surface area contributed by atoms with Crippen LogP contribution < -0.4 is 9.64 Å². The maximum absolute atomic E-state index is 14.0. The van der Waals surface area contributed by atoms with Crippen molar-refractivity contribution >= 4 is 11.6 Å². The van der Waals surface area contributed by atoms with Crippen molar-refractivity contribution in [2.45, 2.75) is 6.42 Å². The molecule has 6 nitrogen and oxygen atoms in total. The predicted octanol–water partition coefficient (Wildman–Crippen LogP) is 3.38. The van der Waals surface area contributed by atoms with Gasteiger partial charge in [0.15, 0.2) is 5.76 Å². The van der Waals surface area contributed by atoms with Crippen LogP contribution in [-0.2, 0) is 11.2 Å². The smallest absolute Gasteiger partial charge is 0.228 e. The van der Waals surface area contributed by atoms with Gasteiger partial charge in [-0.15, -0.1) is 0 Å². The van der Waals surface area contributed by atoms with Crippen LogP contribution in [0.3, 0.4) is 0 Å². The van der Waals surface area contributed by atoms with Gasteiger partial charge in [0.05, 0.1) is 24.9 Å². The number of hydrogen-bond acceptors (Lipinski definition) is 5. The van der Waals surface area contributed by atoms with Crippen molar-refractivity contribution < 1.29 is 18.4 Å². The number of anilines is 1. The molecule has 1 aliphatic heterocycles. The Hall–Kier alpha value is -3.35. The Morgan fingerprint density at radius 2 is 1.90 bits per heavy atom. The molecule has 2 aromatic carbocycles. The van der Waals surface area contributed by atoms with E-state index in [1.807, 2.05) is 35.2 Å². The molecule has 2 heterocycles. The molecule has 1 aromatic heterocycles. The van der Waals surface area contributed by atoms with Crippen molar-refractivity contribution in [2.75, 3.05) is 38.2 Å². The number of benzene rings is 2. The van der Waals surface area contributed by atoms with E-state index >= 15 is 0 Å². The normalized spacial score (nSPS) is 14.1. The van der Waals surface area contributed by atoms with Gasteiger partial charge in [-0.3, -0.25) is 4.79 Å². The monoisotopic (exact) mass is 395 g/mol. The molecule has 3 aromatic rings. The lowest BCUT2D eigenvalue weighted by atomic mass is 10.1. The third-order valence-corrected chi connectivity index (χ3v) is 5.07. The molecule has 0 N–H and O–H groups in total. The van der Waals surface area contributed by atoms with Crippen LogP contribution >= 0.6 is 0 Å². The van der Waals surface area contributed by atoms with Crippen molar-refractivity contribution in [1.82, 2.24) is 10.1 Å². The van der Waals surface area contributed by atoms with E-state index in [9.17, 15) is 9.18 Å². The number of carbonyl (C=O) groups is 1. The van der Waals surface area contributed by atoms with Gasteiger partial charge in [-0.1, -0.05) is 29.4 Å². The summed E-state index contributed by atoms with van der Waals surface area (Å²) in [5, 5.41) is 4.03. The zero-order valence-corrected chi connectivity index (χ0v) is 16.2. The summed E-state index contributed by atoms with van der Waals surface area (Å²) in [6.45, 7) is 2.29. The first-order valence-corrected chi connectivity index (χ1v) is 9.51.